The van der Waals surface area contributed by atoms with Crippen molar-refractivity contribution in [2.75, 3.05) is 25.0 Å². The number of aliphatic carboxylic acids is 1. The molecule has 1 aliphatic heterocycles. The van der Waals surface area contributed by atoms with Gasteiger partial charge in [-0.1, -0.05) is 11.6 Å². The summed E-state index contributed by atoms with van der Waals surface area (Å²) in [6.45, 7) is 1.02. The Labute approximate surface area is 137 Å². The summed E-state index contributed by atoms with van der Waals surface area (Å²) in [4.78, 5) is 35.0. The van der Waals surface area contributed by atoms with Gasteiger partial charge in [-0.25, -0.2) is 0 Å². The summed E-state index contributed by atoms with van der Waals surface area (Å²) in [7, 11) is 0. The maximum Gasteiger partial charge on any atom is 0.307 e. The summed E-state index contributed by atoms with van der Waals surface area (Å²) in [5.41, 5.74) is -0.00808. The lowest BCUT2D eigenvalue weighted by molar-refractivity contribution is -0.384. The SMILES string of the molecule is O=C(CN1CCCC(C(=O)O)C1)Nc1ccc(Cl)c([N+](=O)[O-])c1. The number of carbonyl (C=O) groups excluding carboxylic acids is 1. The minimum Gasteiger partial charge on any atom is -0.481 e. The lowest BCUT2D eigenvalue weighted by Crippen LogP contribution is -2.42. The van der Waals surface area contributed by atoms with E-state index in [4.69, 9.17) is 16.7 Å². The molecule has 0 radical (unpaired) electrons. The zero-order valence-electron chi connectivity index (χ0n) is 12.2. The Balaban J connectivity index is 1.96. The number of hydrogen-bond donors (Lipinski definition) is 2. The van der Waals surface area contributed by atoms with Gasteiger partial charge in [-0.15, -0.1) is 0 Å². The van der Waals surface area contributed by atoms with E-state index in [9.17, 15) is 19.7 Å². The first-order chi connectivity index (χ1) is 10.9. The van der Waals surface area contributed by atoms with E-state index in [0.29, 0.717) is 19.5 Å². The van der Waals surface area contributed by atoms with Crippen molar-refractivity contribution in [3.05, 3.63) is 33.3 Å². The first kappa shape index (κ1) is 17.2. The van der Waals surface area contributed by atoms with Gasteiger partial charge in [-0.2, -0.15) is 0 Å². The number of carbonyl (C=O) groups is 2. The highest BCUT2D eigenvalue weighted by molar-refractivity contribution is 6.32. The quantitative estimate of drug-likeness (QED) is 0.625. The third-order valence-electron chi connectivity index (χ3n) is 3.65. The Bertz CT molecular complexity index is 637. The minimum atomic E-state index is -0.858. The second-order valence-electron chi connectivity index (χ2n) is 5.38. The first-order valence-corrected chi connectivity index (χ1v) is 7.43. The largest absolute Gasteiger partial charge is 0.481 e. The maximum atomic E-state index is 12.0. The molecule has 1 atom stereocenters. The number of halogens is 1. The summed E-state index contributed by atoms with van der Waals surface area (Å²) >= 11 is 5.71. The molecule has 9 heteroatoms. The van der Waals surface area contributed by atoms with Crippen molar-refractivity contribution in [2.45, 2.75) is 12.8 Å². The number of nitro groups is 1. The summed E-state index contributed by atoms with van der Waals surface area (Å²) in [6.07, 6.45) is 1.33. The van der Waals surface area contributed by atoms with Gasteiger partial charge < -0.3 is 10.4 Å². The Hall–Kier alpha value is -2.19. The van der Waals surface area contributed by atoms with Gasteiger partial charge in [0.05, 0.1) is 17.4 Å². The fourth-order valence-electron chi connectivity index (χ4n) is 2.53. The standard InChI is InChI=1S/C14H16ClN3O5/c15-11-4-3-10(6-12(11)18(22)23)16-13(19)8-17-5-1-2-9(7-17)14(20)21/h3-4,6,9H,1-2,5,7-8H2,(H,16,19)(H,20,21). The third-order valence-corrected chi connectivity index (χ3v) is 3.97. The van der Waals surface area contributed by atoms with Crippen molar-refractivity contribution in [3.8, 4) is 0 Å². The van der Waals surface area contributed by atoms with E-state index >= 15 is 0 Å². The normalized spacial score (nSPS) is 18.4. The molecule has 0 aromatic heterocycles. The van der Waals surface area contributed by atoms with Crippen LogP contribution in [0.15, 0.2) is 18.2 Å². The fraction of sp³-hybridized carbons (Fsp3) is 0.429. The fourth-order valence-corrected chi connectivity index (χ4v) is 2.72. The molecule has 8 nitrogen and oxygen atoms in total. The Kier molecular flexibility index (Phi) is 5.51. The predicted molar refractivity (Wildman–Crippen MR) is 83.5 cm³/mol. The summed E-state index contributed by atoms with van der Waals surface area (Å²) in [5, 5.41) is 22.4. The van der Waals surface area contributed by atoms with E-state index in [1.54, 1.807) is 4.90 Å². The van der Waals surface area contributed by atoms with Crippen LogP contribution in [0.4, 0.5) is 11.4 Å². The van der Waals surface area contributed by atoms with Gasteiger partial charge in [0.15, 0.2) is 0 Å². The first-order valence-electron chi connectivity index (χ1n) is 7.06. The average Bonchev–Trinajstić information content (AvgIpc) is 2.49. The predicted octanol–water partition coefficient (Wildman–Crippen LogP) is 1.98. The van der Waals surface area contributed by atoms with Crippen molar-refractivity contribution in [2.24, 2.45) is 5.92 Å². The maximum absolute atomic E-state index is 12.0. The molecule has 0 aliphatic carbocycles. The molecule has 1 aromatic rings. The van der Waals surface area contributed by atoms with Crippen LogP contribution in [0.25, 0.3) is 0 Å². The van der Waals surface area contributed by atoms with Crippen LogP contribution in [0.1, 0.15) is 12.8 Å². The lowest BCUT2D eigenvalue weighted by atomic mass is 9.98. The number of hydrogen-bond acceptors (Lipinski definition) is 5. The minimum absolute atomic E-state index is 0.00618. The number of nitrogens with zero attached hydrogens (tertiary/aromatic N) is 2. The zero-order chi connectivity index (χ0) is 17.0. The number of rotatable bonds is 5. The second kappa shape index (κ2) is 7.38. The van der Waals surface area contributed by atoms with Gasteiger partial charge >= 0.3 is 5.97 Å². The smallest absolute Gasteiger partial charge is 0.307 e. The highest BCUT2D eigenvalue weighted by atomic mass is 35.5. The number of nitrogens with one attached hydrogen (secondary N) is 1. The van der Waals surface area contributed by atoms with Crippen molar-refractivity contribution in [1.29, 1.82) is 0 Å². The Morgan fingerprint density at radius 1 is 1.48 bits per heavy atom. The molecule has 2 N–H and O–H groups in total. The van der Waals surface area contributed by atoms with Crippen LogP contribution in [0, 0.1) is 16.0 Å². The third kappa shape index (κ3) is 4.64. The van der Waals surface area contributed by atoms with Crippen molar-refractivity contribution >= 4 is 34.9 Å². The molecule has 23 heavy (non-hydrogen) atoms. The number of amides is 1. The molecule has 2 rings (SSSR count). The molecular weight excluding hydrogens is 326 g/mol. The monoisotopic (exact) mass is 341 g/mol. The summed E-state index contributed by atoms with van der Waals surface area (Å²) in [6, 6.07) is 4.01. The molecule has 1 saturated heterocycles. The van der Waals surface area contributed by atoms with E-state index in [0.717, 1.165) is 6.42 Å². The number of benzene rings is 1. The topological polar surface area (TPSA) is 113 Å². The van der Waals surface area contributed by atoms with Crippen LogP contribution in [0.5, 0.6) is 0 Å². The highest BCUT2D eigenvalue weighted by Crippen LogP contribution is 2.27. The number of carboxylic acid groups (broad SMARTS) is 1. The Morgan fingerprint density at radius 2 is 2.22 bits per heavy atom. The van der Waals surface area contributed by atoms with Crippen LogP contribution in [-0.2, 0) is 9.59 Å². The van der Waals surface area contributed by atoms with Crippen LogP contribution < -0.4 is 5.32 Å². The van der Waals surface area contributed by atoms with Crippen molar-refractivity contribution in [3.63, 3.8) is 0 Å². The van der Waals surface area contributed by atoms with Crippen molar-refractivity contribution < 1.29 is 19.6 Å². The molecule has 1 aliphatic rings. The molecule has 124 valence electrons. The molecule has 0 bridgehead atoms. The van der Waals surface area contributed by atoms with Gasteiger partial charge in [0.1, 0.15) is 5.02 Å². The van der Waals surface area contributed by atoms with E-state index < -0.39 is 16.8 Å². The molecule has 1 amide bonds. The van der Waals surface area contributed by atoms with Crippen LogP contribution >= 0.6 is 11.6 Å². The summed E-state index contributed by atoms with van der Waals surface area (Å²) < 4.78 is 0. The molecule has 1 fully saturated rings. The zero-order valence-corrected chi connectivity index (χ0v) is 13.0. The average molecular weight is 342 g/mol. The van der Waals surface area contributed by atoms with Crippen LogP contribution in [-0.4, -0.2) is 46.4 Å². The van der Waals surface area contributed by atoms with Gasteiger partial charge in [0.25, 0.3) is 5.69 Å². The molecule has 1 unspecified atom stereocenters. The molecule has 0 spiro atoms. The van der Waals surface area contributed by atoms with E-state index in [1.165, 1.54) is 18.2 Å². The molecule has 0 saturated carbocycles. The number of nitro benzene ring substituents is 1. The molecule has 1 aromatic carbocycles. The number of piperidine rings is 1. The van der Waals surface area contributed by atoms with Crippen molar-refractivity contribution in [1.82, 2.24) is 4.90 Å². The molecule has 1 heterocycles. The number of likely N-dealkylation sites (tertiary alicyclic amines) is 1. The number of carboxylic acids is 1. The van der Waals surface area contributed by atoms with Gasteiger partial charge in [-0.05, 0) is 31.5 Å². The lowest BCUT2D eigenvalue weighted by Gasteiger charge is -2.29. The van der Waals surface area contributed by atoms with Crippen LogP contribution in [0.3, 0.4) is 0 Å². The Morgan fingerprint density at radius 3 is 2.87 bits per heavy atom. The molecular formula is C14H16ClN3O5. The van der Waals surface area contributed by atoms with Gasteiger partial charge in [0.2, 0.25) is 5.91 Å². The van der Waals surface area contributed by atoms with E-state index in [2.05, 4.69) is 5.32 Å². The van der Waals surface area contributed by atoms with E-state index in [-0.39, 0.29) is 28.8 Å². The second-order valence-corrected chi connectivity index (χ2v) is 5.79. The van der Waals surface area contributed by atoms with Gasteiger partial charge in [-0.3, -0.25) is 24.6 Å². The number of anilines is 1. The van der Waals surface area contributed by atoms with Crippen LogP contribution in [0.2, 0.25) is 5.02 Å². The van der Waals surface area contributed by atoms with Gasteiger partial charge in [0, 0.05) is 18.3 Å². The highest BCUT2D eigenvalue weighted by Gasteiger charge is 2.26. The summed E-state index contributed by atoms with van der Waals surface area (Å²) in [5.74, 6) is -1.68. The van der Waals surface area contributed by atoms with E-state index in [1.807, 2.05) is 0 Å².